The van der Waals surface area contributed by atoms with Gasteiger partial charge in [0.15, 0.2) is 0 Å². The Balaban J connectivity index is 2.58. The number of aromatic hydroxyl groups is 2. The first-order chi connectivity index (χ1) is 16.0. The number of phenolic OH excluding ortho intramolecular Hbond substituents is 2. The lowest BCUT2D eigenvalue weighted by atomic mass is 9.91. The molecule has 1 aliphatic rings. The Kier molecular flexibility index (Phi) is 11.5. The van der Waals surface area contributed by atoms with E-state index < -0.39 is 12.1 Å². The van der Waals surface area contributed by atoms with Gasteiger partial charge < -0.3 is 24.5 Å². The molecule has 0 bridgehead atoms. The second-order valence-electron chi connectivity index (χ2n) is 8.02. The van der Waals surface area contributed by atoms with E-state index in [1.807, 2.05) is 38.2 Å². The van der Waals surface area contributed by atoms with Gasteiger partial charge in [0.2, 0.25) is 0 Å². The Labute approximate surface area is 196 Å². The Hall–Kier alpha value is -2.80. The van der Waals surface area contributed by atoms with E-state index in [-0.39, 0.29) is 30.1 Å². The number of rotatable bonds is 8. The molecule has 0 fully saturated rings. The molecular formula is C26H37NO6. The minimum Gasteiger partial charge on any atom is -0.507 e. The zero-order valence-corrected chi connectivity index (χ0v) is 20.0. The number of unbranched alkanes of at least 4 members (excludes halogenated alkanes) is 1. The molecule has 1 aromatic carbocycles. The zero-order valence-electron chi connectivity index (χ0n) is 20.0. The second kappa shape index (κ2) is 14.4. The molecule has 2 rings (SSSR count). The van der Waals surface area contributed by atoms with E-state index in [1.54, 1.807) is 0 Å². The van der Waals surface area contributed by atoms with Crippen LogP contribution in [-0.4, -0.2) is 41.7 Å². The first-order valence-electron chi connectivity index (χ1n) is 11.9. The highest BCUT2D eigenvalue weighted by Crippen LogP contribution is 2.38. The smallest absolute Gasteiger partial charge is 0.342 e. The Morgan fingerprint density at radius 1 is 1.06 bits per heavy atom. The van der Waals surface area contributed by atoms with Crippen molar-refractivity contribution in [1.29, 1.82) is 0 Å². The number of allylic oxidation sites excluding steroid dienone is 3. The van der Waals surface area contributed by atoms with Crippen molar-refractivity contribution in [2.45, 2.75) is 71.8 Å². The van der Waals surface area contributed by atoms with Crippen LogP contribution in [0.3, 0.4) is 0 Å². The summed E-state index contributed by atoms with van der Waals surface area (Å²) < 4.78 is 11.3. The monoisotopic (exact) mass is 459 g/mol. The summed E-state index contributed by atoms with van der Waals surface area (Å²) in [6.45, 7) is 7.06. The second-order valence-corrected chi connectivity index (χ2v) is 8.02. The van der Waals surface area contributed by atoms with Crippen molar-refractivity contribution in [1.82, 2.24) is 0 Å². The van der Waals surface area contributed by atoms with Crippen molar-refractivity contribution in [3.05, 3.63) is 47.1 Å². The summed E-state index contributed by atoms with van der Waals surface area (Å²) in [5.41, 5.74) is 1.46. The van der Waals surface area contributed by atoms with E-state index in [1.165, 1.54) is 6.07 Å². The number of esters is 1. The predicted molar refractivity (Wildman–Crippen MR) is 129 cm³/mol. The van der Waals surface area contributed by atoms with Crippen LogP contribution in [0.5, 0.6) is 11.5 Å². The fraction of sp³-hybridized carbons (Fsp3) is 0.538. The van der Waals surface area contributed by atoms with Crippen LogP contribution in [-0.2, 0) is 20.7 Å². The molecule has 0 amide bonds. The van der Waals surface area contributed by atoms with Crippen molar-refractivity contribution in [2.75, 3.05) is 19.8 Å². The Bertz CT molecular complexity index is 859. The third-order valence-corrected chi connectivity index (χ3v) is 5.24. The van der Waals surface area contributed by atoms with Crippen molar-refractivity contribution in [2.24, 2.45) is 5.16 Å². The number of oxime groups is 1. The molecule has 0 saturated carbocycles. The SMILES string of the molecule is CCCCO/N=C1/C=C/CC/C=C/CCOC(=O)c2c(O)cc(O)c(C(C)OCCC)c2C1. The lowest BCUT2D eigenvalue weighted by Crippen LogP contribution is -2.16. The van der Waals surface area contributed by atoms with Crippen molar-refractivity contribution in [3.8, 4) is 11.5 Å². The van der Waals surface area contributed by atoms with E-state index in [0.29, 0.717) is 36.5 Å². The molecule has 0 saturated heterocycles. The fourth-order valence-corrected chi connectivity index (χ4v) is 3.55. The maximum absolute atomic E-state index is 13.0. The molecule has 7 heteroatoms. The number of benzene rings is 1. The first-order valence-corrected chi connectivity index (χ1v) is 11.9. The van der Waals surface area contributed by atoms with Gasteiger partial charge in [-0.15, -0.1) is 0 Å². The molecule has 0 spiro atoms. The number of phenols is 2. The molecule has 1 aromatic rings. The van der Waals surface area contributed by atoms with E-state index in [2.05, 4.69) is 12.1 Å². The largest absolute Gasteiger partial charge is 0.507 e. The standard InChI is InChI=1S/C26H37NO6/c1-4-6-16-33-27-20-13-11-9-7-8-10-12-15-32-26(30)25-21(17-20)24(19(3)31-14-5-2)22(28)18-23(25)29/h8,10-11,13,18-19,28-29H,4-7,9,12,14-17H2,1-3H3/b10-8+,13-11+,27-20-. The summed E-state index contributed by atoms with van der Waals surface area (Å²) in [5, 5.41) is 25.6. The maximum atomic E-state index is 13.0. The number of hydrogen-bond acceptors (Lipinski definition) is 7. The van der Waals surface area contributed by atoms with Gasteiger partial charge in [-0.25, -0.2) is 4.79 Å². The minimum absolute atomic E-state index is 0.0189. The summed E-state index contributed by atoms with van der Waals surface area (Å²) in [6.07, 6.45) is 12.5. The number of carbonyl (C=O) groups excluding carboxylic acids is 1. The summed E-state index contributed by atoms with van der Waals surface area (Å²) in [6, 6.07) is 1.18. The highest BCUT2D eigenvalue weighted by Gasteiger charge is 2.28. The van der Waals surface area contributed by atoms with Crippen LogP contribution >= 0.6 is 0 Å². The number of ether oxygens (including phenoxy) is 2. The quantitative estimate of drug-likeness (QED) is 0.222. The van der Waals surface area contributed by atoms with Crippen LogP contribution in [0, 0.1) is 0 Å². The van der Waals surface area contributed by atoms with Crippen LogP contribution in [0.1, 0.15) is 86.9 Å². The molecule has 33 heavy (non-hydrogen) atoms. The number of hydrogen-bond donors (Lipinski definition) is 2. The van der Waals surface area contributed by atoms with E-state index in [9.17, 15) is 15.0 Å². The van der Waals surface area contributed by atoms with E-state index >= 15 is 0 Å². The Morgan fingerprint density at radius 3 is 2.58 bits per heavy atom. The van der Waals surface area contributed by atoms with Gasteiger partial charge in [0.25, 0.3) is 0 Å². The predicted octanol–water partition coefficient (Wildman–Crippen LogP) is 5.75. The molecule has 1 unspecified atom stereocenters. The van der Waals surface area contributed by atoms with Gasteiger partial charge in [0.05, 0.1) is 18.4 Å². The summed E-state index contributed by atoms with van der Waals surface area (Å²) in [5.74, 6) is -1.12. The number of cyclic esters (lactones) is 1. The molecule has 7 nitrogen and oxygen atoms in total. The minimum atomic E-state index is -0.646. The molecule has 182 valence electrons. The molecule has 1 atom stereocenters. The third-order valence-electron chi connectivity index (χ3n) is 5.24. The molecule has 0 aromatic heterocycles. The average molecular weight is 460 g/mol. The summed E-state index contributed by atoms with van der Waals surface area (Å²) in [4.78, 5) is 18.5. The van der Waals surface area contributed by atoms with Gasteiger partial charge in [0, 0.05) is 24.7 Å². The topological polar surface area (TPSA) is 97.6 Å². The molecule has 2 N–H and O–H groups in total. The summed E-state index contributed by atoms with van der Waals surface area (Å²) in [7, 11) is 0. The van der Waals surface area contributed by atoms with Gasteiger partial charge >= 0.3 is 5.97 Å². The van der Waals surface area contributed by atoms with Gasteiger partial charge in [-0.05, 0) is 50.7 Å². The summed E-state index contributed by atoms with van der Waals surface area (Å²) >= 11 is 0. The first kappa shape index (κ1) is 26.5. The van der Waals surface area contributed by atoms with Gasteiger partial charge in [-0.3, -0.25) is 0 Å². The molecular weight excluding hydrogens is 422 g/mol. The highest BCUT2D eigenvalue weighted by molar-refractivity contribution is 6.01. The lowest BCUT2D eigenvalue weighted by Gasteiger charge is -2.22. The van der Waals surface area contributed by atoms with Gasteiger partial charge in [-0.2, -0.15) is 0 Å². The van der Waals surface area contributed by atoms with Crippen LogP contribution in [0.15, 0.2) is 35.5 Å². The number of carbonyl (C=O) groups is 1. The Morgan fingerprint density at radius 2 is 1.82 bits per heavy atom. The zero-order chi connectivity index (χ0) is 24.1. The molecule has 0 aliphatic carbocycles. The molecule has 1 heterocycles. The normalized spacial score (nSPS) is 19.2. The molecule has 0 radical (unpaired) electrons. The van der Waals surface area contributed by atoms with Gasteiger partial charge in [0.1, 0.15) is 23.7 Å². The van der Waals surface area contributed by atoms with Crippen molar-refractivity contribution < 1.29 is 29.3 Å². The number of nitrogens with zero attached hydrogens (tertiary/aromatic N) is 1. The lowest BCUT2D eigenvalue weighted by molar-refractivity contribution is 0.0503. The van der Waals surface area contributed by atoms with Gasteiger partial charge in [-0.1, -0.05) is 43.7 Å². The third kappa shape index (κ3) is 8.24. The average Bonchev–Trinajstić information content (AvgIpc) is 2.78. The van der Waals surface area contributed by atoms with Crippen LogP contribution in [0.2, 0.25) is 0 Å². The maximum Gasteiger partial charge on any atom is 0.342 e. The van der Waals surface area contributed by atoms with E-state index in [4.69, 9.17) is 14.3 Å². The van der Waals surface area contributed by atoms with E-state index in [0.717, 1.165) is 32.1 Å². The highest BCUT2D eigenvalue weighted by atomic mass is 16.6. The van der Waals surface area contributed by atoms with Crippen LogP contribution in [0.4, 0.5) is 0 Å². The van der Waals surface area contributed by atoms with Crippen LogP contribution < -0.4 is 0 Å². The van der Waals surface area contributed by atoms with Crippen LogP contribution in [0.25, 0.3) is 0 Å². The van der Waals surface area contributed by atoms with Crippen molar-refractivity contribution in [3.63, 3.8) is 0 Å². The fourth-order valence-electron chi connectivity index (χ4n) is 3.55. The van der Waals surface area contributed by atoms with Crippen molar-refractivity contribution >= 4 is 11.7 Å². The number of fused-ring (bicyclic) bond motifs is 1. The molecule has 1 aliphatic heterocycles.